The standard InChI is InChI=1S/C11H13ClN2O/c1-11(2,3)9-5-7-4-8(15)6-10(12)14(7)13-9/h4-6,13H,1-3H3. The summed E-state index contributed by atoms with van der Waals surface area (Å²) in [6.45, 7) is 6.30. The fourth-order valence-electron chi connectivity index (χ4n) is 1.47. The Kier molecular flexibility index (Phi) is 2.15. The average Bonchev–Trinajstić information content (AvgIpc) is 2.46. The quantitative estimate of drug-likeness (QED) is 0.687. The summed E-state index contributed by atoms with van der Waals surface area (Å²) in [6.07, 6.45) is 0. The molecule has 0 spiro atoms. The van der Waals surface area contributed by atoms with Gasteiger partial charge in [0, 0.05) is 23.2 Å². The first-order valence-corrected chi connectivity index (χ1v) is 5.17. The maximum Gasteiger partial charge on any atom is 0.183 e. The molecule has 0 saturated heterocycles. The van der Waals surface area contributed by atoms with Gasteiger partial charge in [0.1, 0.15) is 5.15 Å². The van der Waals surface area contributed by atoms with Gasteiger partial charge in [-0.3, -0.25) is 9.89 Å². The third-order valence-electron chi connectivity index (χ3n) is 2.36. The molecule has 1 N–H and O–H groups in total. The second-order valence-corrected chi connectivity index (χ2v) is 5.08. The summed E-state index contributed by atoms with van der Waals surface area (Å²) in [4.78, 5) is 11.3. The predicted molar refractivity (Wildman–Crippen MR) is 61.7 cm³/mol. The molecule has 3 nitrogen and oxygen atoms in total. The Morgan fingerprint density at radius 3 is 2.53 bits per heavy atom. The Labute approximate surface area is 92.7 Å². The number of rotatable bonds is 0. The summed E-state index contributed by atoms with van der Waals surface area (Å²) in [6, 6.07) is 4.92. The van der Waals surface area contributed by atoms with Crippen LogP contribution in [0.4, 0.5) is 0 Å². The van der Waals surface area contributed by atoms with Gasteiger partial charge in [0.2, 0.25) is 0 Å². The maximum absolute atomic E-state index is 11.3. The van der Waals surface area contributed by atoms with Gasteiger partial charge < -0.3 is 0 Å². The monoisotopic (exact) mass is 224 g/mol. The van der Waals surface area contributed by atoms with E-state index < -0.39 is 0 Å². The minimum absolute atomic E-state index is 0.0123. The summed E-state index contributed by atoms with van der Waals surface area (Å²) < 4.78 is 1.71. The van der Waals surface area contributed by atoms with E-state index in [1.54, 1.807) is 10.6 Å². The SMILES string of the molecule is CC(C)(C)c1cc2cc(=O)cc(Cl)n2[nH]1. The van der Waals surface area contributed by atoms with Crippen LogP contribution in [0.1, 0.15) is 26.5 Å². The molecule has 2 rings (SSSR count). The number of aromatic amines is 1. The van der Waals surface area contributed by atoms with Gasteiger partial charge in [-0.2, -0.15) is 0 Å². The van der Waals surface area contributed by atoms with Crippen LogP contribution in [0.25, 0.3) is 5.52 Å². The Morgan fingerprint density at radius 2 is 1.93 bits per heavy atom. The van der Waals surface area contributed by atoms with Crippen LogP contribution in [0.5, 0.6) is 0 Å². The molecule has 2 heterocycles. The van der Waals surface area contributed by atoms with E-state index in [-0.39, 0.29) is 10.8 Å². The van der Waals surface area contributed by atoms with Gasteiger partial charge in [-0.1, -0.05) is 32.4 Å². The molecule has 0 fully saturated rings. The molecule has 0 unspecified atom stereocenters. The third-order valence-corrected chi connectivity index (χ3v) is 2.63. The third kappa shape index (κ3) is 1.79. The molecule has 0 atom stereocenters. The summed E-state index contributed by atoms with van der Waals surface area (Å²) in [5.41, 5.74) is 1.80. The number of fused-ring (bicyclic) bond motifs is 1. The van der Waals surface area contributed by atoms with Crippen molar-refractivity contribution in [3.8, 4) is 0 Å². The van der Waals surface area contributed by atoms with Crippen molar-refractivity contribution in [3.05, 3.63) is 39.3 Å². The van der Waals surface area contributed by atoms with Gasteiger partial charge in [-0.05, 0) is 6.07 Å². The average molecular weight is 225 g/mol. The van der Waals surface area contributed by atoms with Crippen LogP contribution < -0.4 is 5.43 Å². The van der Waals surface area contributed by atoms with E-state index in [1.165, 1.54) is 6.07 Å². The Hall–Kier alpha value is -1.22. The van der Waals surface area contributed by atoms with Crippen molar-refractivity contribution in [2.24, 2.45) is 0 Å². The molecule has 0 aromatic carbocycles. The lowest BCUT2D eigenvalue weighted by molar-refractivity contribution is 0.563. The molecule has 0 aliphatic carbocycles. The van der Waals surface area contributed by atoms with E-state index in [9.17, 15) is 4.79 Å². The van der Waals surface area contributed by atoms with Crippen molar-refractivity contribution in [1.82, 2.24) is 9.61 Å². The first kappa shape index (κ1) is 10.3. The number of hydrogen-bond donors (Lipinski definition) is 1. The highest BCUT2D eigenvalue weighted by molar-refractivity contribution is 6.29. The first-order valence-electron chi connectivity index (χ1n) is 4.80. The lowest BCUT2D eigenvalue weighted by Gasteiger charge is -2.15. The highest BCUT2D eigenvalue weighted by Gasteiger charge is 2.16. The Morgan fingerprint density at radius 1 is 1.27 bits per heavy atom. The zero-order valence-electron chi connectivity index (χ0n) is 8.97. The molecule has 2 aromatic rings. The molecule has 0 bridgehead atoms. The minimum Gasteiger partial charge on any atom is -0.296 e. The molecular weight excluding hydrogens is 212 g/mol. The Bertz CT molecular complexity index is 560. The number of nitrogens with one attached hydrogen (secondary N) is 1. The molecule has 2 aromatic heterocycles. The van der Waals surface area contributed by atoms with Gasteiger partial charge in [0.15, 0.2) is 5.43 Å². The van der Waals surface area contributed by atoms with Gasteiger partial charge in [-0.25, -0.2) is 4.52 Å². The largest absolute Gasteiger partial charge is 0.296 e. The second-order valence-electron chi connectivity index (χ2n) is 4.69. The van der Waals surface area contributed by atoms with Crippen molar-refractivity contribution in [2.75, 3.05) is 0 Å². The molecule has 0 saturated carbocycles. The lowest BCUT2D eigenvalue weighted by Crippen LogP contribution is -2.12. The Balaban J connectivity index is 2.77. The number of nitrogens with zero attached hydrogens (tertiary/aromatic N) is 1. The zero-order chi connectivity index (χ0) is 11.2. The van der Waals surface area contributed by atoms with Crippen molar-refractivity contribution in [1.29, 1.82) is 0 Å². The summed E-state index contributed by atoms with van der Waals surface area (Å²) in [5.74, 6) is 0. The summed E-state index contributed by atoms with van der Waals surface area (Å²) in [7, 11) is 0. The number of aromatic nitrogens is 2. The van der Waals surface area contributed by atoms with Crippen molar-refractivity contribution in [2.45, 2.75) is 26.2 Å². The zero-order valence-corrected chi connectivity index (χ0v) is 9.72. The van der Waals surface area contributed by atoms with Crippen molar-refractivity contribution >= 4 is 17.1 Å². The van der Waals surface area contributed by atoms with E-state index in [0.29, 0.717) is 5.15 Å². The molecule has 0 amide bonds. The molecule has 15 heavy (non-hydrogen) atoms. The van der Waals surface area contributed by atoms with E-state index in [4.69, 9.17) is 11.6 Å². The van der Waals surface area contributed by atoms with Crippen LogP contribution >= 0.6 is 11.6 Å². The minimum atomic E-state index is -0.0699. The van der Waals surface area contributed by atoms with E-state index in [2.05, 4.69) is 25.9 Å². The highest BCUT2D eigenvalue weighted by Crippen LogP contribution is 2.22. The topological polar surface area (TPSA) is 37.3 Å². The number of H-pyrrole nitrogens is 1. The summed E-state index contributed by atoms with van der Waals surface area (Å²) >= 11 is 5.96. The van der Waals surface area contributed by atoms with Crippen LogP contribution in [-0.2, 0) is 5.41 Å². The fraction of sp³-hybridized carbons (Fsp3) is 0.364. The van der Waals surface area contributed by atoms with Crippen molar-refractivity contribution < 1.29 is 0 Å². The van der Waals surface area contributed by atoms with E-state index in [0.717, 1.165) is 11.2 Å². The second kappa shape index (κ2) is 3.14. The van der Waals surface area contributed by atoms with Crippen LogP contribution in [0.3, 0.4) is 0 Å². The molecule has 80 valence electrons. The van der Waals surface area contributed by atoms with Crippen molar-refractivity contribution in [3.63, 3.8) is 0 Å². The molecule has 4 heteroatoms. The van der Waals surface area contributed by atoms with Crippen LogP contribution in [0.15, 0.2) is 23.0 Å². The lowest BCUT2D eigenvalue weighted by atomic mass is 9.92. The van der Waals surface area contributed by atoms with Gasteiger partial charge >= 0.3 is 0 Å². The van der Waals surface area contributed by atoms with Gasteiger partial charge in [0.05, 0.1) is 5.52 Å². The van der Waals surface area contributed by atoms with E-state index in [1.807, 2.05) is 6.07 Å². The number of hydrogen-bond acceptors (Lipinski definition) is 1. The predicted octanol–water partition coefficient (Wildman–Crippen LogP) is 2.58. The number of halogens is 1. The normalized spacial score (nSPS) is 12.3. The van der Waals surface area contributed by atoms with Gasteiger partial charge in [-0.15, -0.1) is 0 Å². The highest BCUT2D eigenvalue weighted by atomic mass is 35.5. The summed E-state index contributed by atoms with van der Waals surface area (Å²) in [5, 5.41) is 3.59. The van der Waals surface area contributed by atoms with Crippen LogP contribution in [-0.4, -0.2) is 9.61 Å². The fourth-order valence-corrected chi connectivity index (χ4v) is 1.71. The van der Waals surface area contributed by atoms with Crippen LogP contribution in [0.2, 0.25) is 5.15 Å². The molecule has 0 aliphatic rings. The smallest absolute Gasteiger partial charge is 0.183 e. The first-order chi connectivity index (χ1) is 6.88. The van der Waals surface area contributed by atoms with Gasteiger partial charge in [0.25, 0.3) is 0 Å². The molecule has 0 aliphatic heterocycles. The van der Waals surface area contributed by atoms with Crippen LogP contribution in [0, 0.1) is 0 Å². The number of pyridine rings is 1. The molecule has 0 radical (unpaired) electrons. The maximum atomic E-state index is 11.3. The molecular formula is C11H13ClN2O. The van der Waals surface area contributed by atoms with E-state index >= 15 is 0 Å².